The fourth-order valence-electron chi connectivity index (χ4n) is 2.92. The van der Waals surface area contributed by atoms with Crippen LogP contribution in [0.25, 0.3) is 21.3 Å². The summed E-state index contributed by atoms with van der Waals surface area (Å²) in [5.41, 5.74) is 2.90. The molecule has 4 aromatic rings. The van der Waals surface area contributed by atoms with Gasteiger partial charge in [0.05, 0.1) is 11.1 Å². The summed E-state index contributed by atoms with van der Waals surface area (Å²) in [5.74, 6) is -0.0637. The number of amides is 1. The first kappa shape index (κ1) is 20.5. The van der Waals surface area contributed by atoms with Crippen molar-refractivity contribution in [2.24, 2.45) is 0 Å². The number of thioether (sulfide) groups is 1. The molecule has 0 bridgehead atoms. The molecule has 1 aromatic carbocycles. The summed E-state index contributed by atoms with van der Waals surface area (Å²) in [6.45, 7) is 6.11. The van der Waals surface area contributed by atoms with E-state index >= 15 is 0 Å². The number of benzene rings is 1. The molecule has 0 aliphatic rings. The molecule has 0 radical (unpaired) electrons. The zero-order chi connectivity index (χ0) is 21.1. The molecule has 0 atom stereocenters. The molecule has 152 valence electrons. The predicted molar refractivity (Wildman–Crippen MR) is 126 cm³/mol. The molecule has 1 N–H and O–H groups in total. The second-order valence-electron chi connectivity index (χ2n) is 6.47. The van der Waals surface area contributed by atoms with E-state index in [1.807, 2.05) is 36.6 Å². The highest BCUT2D eigenvalue weighted by Crippen LogP contribution is 2.32. The summed E-state index contributed by atoms with van der Waals surface area (Å²) in [4.78, 5) is 34.9. The number of aromatic nitrogens is 3. The highest BCUT2D eigenvalue weighted by atomic mass is 32.2. The van der Waals surface area contributed by atoms with Gasteiger partial charge in [-0.1, -0.05) is 47.7 Å². The van der Waals surface area contributed by atoms with E-state index in [4.69, 9.17) is 4.98 Å². The maximum atomic E-state index is 13.3. The fourth-order valence-corrected chi connectivity index (χ4v) is 5.26. The minimum absolute atomic E-state index is 0.125. The molecule has 1 amide bonds. The molecule has 4 rings (SSSR count). The van der Waals surface area contributed by atoms with E-state index in [0.717, 1.165) is 16.7 Å². The van der Waals surface area contributed by atoms with Crippen LogP contribution < -0.4 is 10.9 Å². The van der Waals surface area contributed by atoms with Gasteiger partial charge in [0.2, 0.25) is 5.91 Å². The van der Waals surface area contributed by atoms with Crippen molar-refractivity contribution in [2.45, 2.75) is 18.6 Å². The molecule has 9 heteroatoms. The number of carbonyl (C=O) groups is 1. The molecule has 0 spiro atoms. The van der Waals surface area contributed by atoms with E-state index in [1.165, 1.54) is 34.4 Å². The molecule has 0 aliphatic carbocycles. The van der Waals surface area contributed by atoms with E-state index in [9.17, 15) is 9.59 Å². The van der Waals surface area contributed by atoms with Crippen LogP contribution in [0.1, 0.15) is 5.56 Å². The Morgan fingerprint density at radius 1 is 1.30 bits per heavy atom. The van der Waals surface area contributed by atoms with E-state index < -0.39 is 0 Å². The van der Waals surface area contributed by atoms with Crippen LogP contribution in [0.15, 0.2) is 63.8 Å². The average Bonchev–Trinajstić information content (AvgIpc) is 3.39. The van der Waals surface area contributed by atoms with E-state index in [2.05, 4.69) is 16.9 Å². The number of hydrogen-bond donors (Lipinski definition) is 1. The Morgan fingerprint density at radius 2 is 2.10 bits per heavy atom. The number of allylic oxidation sites excluding steroid dienone is 1. The molecule has 0 fully saturated rings. The third-order valence-electron chi connectivity index (χ3n) is 4.34. The third kappa shape index (κ3) is 4.23. The maximum Gasteiger partial charge on any atom is 0.263 e. The van der Waals surface area contributed by atoms with Crippen LogP contribution in [0.4, 0.5) is 5.13 Å². The number of rotatable bonds is 7. The second-order valence-corrected chi connectivity index (χ2v) is 9.16. The van der Waals surface area contributed by atoms with Crippen LogP contribution in [-0.4, -0.2) is 26.2 Å². The quantitative estimate of drug-likeness (QED) is 0.246. The SMILES string of the molecule is C=CCn1c(SCC(=O)Nc2nccs2)nc2scc(-c3ccc(C)cc3)c2c1=O. The van der Waals surface area contributed by atoms with Crippen LogP contribution in [0.2, 0.25) is 0 Å². The zero-order valence-corrected chi connectivity index (χ0v) is 18.6. The lowest BCUT2D eigenvalue weighted by atomic mass is 10.1. The number of hydrogen-bond acceptors (Lipinski definition) is 7. The van der Waals surface area contributed by atoms with Crippen LogP contribution >= 0.6 is 34.4 Å². The van der Waals surface area contributed by atoms with E-state index in [-0.39, 0.29) is 17.2 Å². The van der Waals surface area contributed by atoms with Crippen molar-refractivity contribution in [1.29, 1.82) is 0 Å². The number of thiazole rings is 1. The number of fused-ring (bicyclic) bond motifs is 1. The number of nitrogens with one attached hydrogen (secondary N) is 1. The standard InChI is InChI=1S/C21H18N4O2S3/c1-3-9-25-19(27)17-15(14-6-4-13(2)5-7-14)11-29-18(17)24-21(25)30-12-16(26)23-20-22-8-10-28-20/h3-8,10-11H,1,9,12H2,2H3,(H,22,23,26). The molecular weight excluding hydrogens is 436 g/mol. The molecule has 6 nitrogen and oxygen atoms in total. The fraction of sp³-hybridized carbons (Fsp3) is 0.143. The maximum absolute atomic E-state index is 13.3. The smallest absolute Gasteiger partial charge is 0.263 e. The summed E-state index contributed by atoms with van der Waals surface area (Å²) >= 11 is 4.02. The zero-order valence-electron chi connectivity index (χ0n) is 16.1. The summed E-state index contributed by atoms with van der Waals surface area (Å²) in [5, 5.41) is 8.15. The van der Waals surface area contributed by atoms with Crippen molar-refractivity contribution in [3.05, 3.63) is 69.8 Å². The molecule has 0 aliphatic heterocycles. The summed E-state index contributed by atoms with van der Waals surface area (Å²) in [6, 6.07) is 8.08. The van der Waals surface area contributed by atoms with E-state index in [0.29, 0.717) is 27.0 Å². The average molecular weight is 455 g/mol. The Bertz CT molecular complexity index is 1260. The van der Waals surface area contributed by atoms with Crippen molar-refractivity contribution in [3.63, 3.8) is 0 Å². The summed E-state index contributed by atoms with van der Waals surface area (Å²) < 4.78 is 1.57. The minimum atomic E-state index is -0.194. The summed E-state index contributed by atoms with van der Waals surface area (Å²) in [6.07, 6.45) is 3.29. The lowest BCUT2D eigenvalue weighted by Crippen LogP contribution is -2.23. The summed E-state index contributed by atoms with van der Waals surface area (Å²) in [7, 11) is 0. The first-order chi connectivity index (χ1) is 14.6. The monoisotopic (exact) mass is 454 g/mol. The van der Waals surface area contributed by atoms with Crippen LogP contribution in [0.5, 0.6) is 0 Å². The van der Waals surface area contributed by atoms with Gasteiger partial charge in [0, 0.05) is 29.1 Å². The number of anilines is 1. The lowest BCUT2D eigenvalue weighted by molar-refractivity contribution is -0.113. The van der Waals surface area contributed by atoms with Crippen molar-refractivity contribution in [2.75, 3.05) is 11.1 Å². The number of nitrogens with zero attached hydrogens (tertiary/aromatic N) is 3. The molecule has 3 heterocycles. The third-order valence-corrected chi connectivity index (χ3v) is 6.88. The van der Waals surface area contributed by atoms with Gasteiger partial charge < -0.3 is 5.32 Å². The topological polar surface area (TPSA) is 76.9 Å². The lowest BCUT2D eigenvalue weighted by Gasteiger charge is -2.10. The van der Waals surface area contributed by atoms with Crippen LogP contribution in [-0.2, 0) is 11.3 Å². The van der Waals surface area contributed by atoms with Gasteiger partial charge in [0.15, 0.2) is 10.3 Å². The molecule has 3 aromatic heterocycles. The number of aryl methyl sites for hydroxylation is 1. The van der Waals surface area contributed by atoms with Gasteiger partial charge in [-0.3, -0.25) is 14.2 Å². The first-order valence-electron chi connectivity index (χ1n) is 9.09. The van der Waals surface area contributed by atoms with Crippen molar-refractivity contribution < 1.29 is 4.79 Å². The van der Waals surface area contributed by atoms with Crippen molar-refractivity contribution in [1.82, 2.24) is 14.5 Å². The largest absolute Gasteiger partial charge is 0.301 e. The first-order valence-corrected chi connectivity index (χ1v) is 11.8. The highest BCUT2D eigenvalue weighted by molar-refractivity contribution is 7.99. The van der Waals surface area contributed by atoms with Gasteiger partial charge in [0.25, 0.3) is 5.56 Å². The van der Waals surface area contributed by atoms with Crippen molar-refractivity contribution in [3.8, 4) is 11.1 Å². The molecule has 0 unspecified atom stereocenters. The Morgan fingerprint density at radius 3 is 2.80 bits per heavy atom. The Kier molecular flexibility index (Phi) is 6.12. The van der Waals surface area contributed by atoms with Gasteiger partial charge in [-0.15, -0.1) is 29.3 Å². The predicted octanol–water partition coefficient (Wildman–Crippen LogP) is 4.81. The second kappa shape index (κ2) is 8.95. The minimum Gasteiger partial charge on any atom is -0.301 e. The van der Waals surface area contributed by atoms with Crippen LogP contribution in [0.3, 0.4) is 0 Å². The number of carbonyl (C=O) groups excluding carboxylic acids is 1. The number of thiophene rings is 1. The highest BCUT2D eigenvalue weighted by Gasteiger charge is 2.18. The van der Waals surface area contributed by atoms with Gasteiger partial charge in [-0.05, 0) is 12.5 Å². The molecular formula is C21H18N4O2S3. The van der Waals surface area contributed by atoms with Gasteiger partial charge >= 0.3 is 0 Å². The van der Waals surface area contributed by atoms with Crippen LogP contribution in [0, 0.1) is 6.92 Å². The van der Waals surface area contributed by atoms with Gasteiger partial charge in [-0.25, -0.2) is 9.97 Å². The van der Waals surface area contributed by atoms with E-state index in [1.54, 1.807) is 22.2 Å². The molecule has 0 saturated heterocycles. The normalized spacial score (nSPS) is 11.0. The Balaban J connectivity index is 1.67. The van der Waals surface area contributed by atoms with Gasteiger partial charge in [0.1, 0.15) is 4.83 Å². The molecule has 30 heavy (non-hydrogen) atoms. The molecule has 0 saturated carbocycles. The van der Waals surface area contributed by atoms with Crippen molar-refractivity contribution >= 4 is 55.7 Å². The Hall–Kier alpha value is -2.75. The van der Waals surface area contributed by atoms with Gasteiger partial charge in [-0.2, -0.15) is 0 Å². The Labute approximate surface area is 185 Å².